The van der Waals surface area contributed by atoms with Crippen molar-refractivity contribution in [2.75, 3.05) is 12.8 Å². The number of aromatic nitrogens is 2. The van der Waals surface area contributed by atoms with Gasteiger partial charge >= 0.3 is 0 Å². The van der Waals surface area contributed by atoms with Crippen LogP contribution in [0.4, 0.5) is 5.69 Å². The number of hydrogen-bond donors (Lipinski definition) is 2. The standard InChI is InChI=1S/C13H16N4O/c1-9-3-4-11(12(14)5-9)13(18)17(2)8-10-6-15-16-7-10/h3-7H,8,14H2,1-2H3,(H,15,16). The molecule has 94 valence electrons. The maximum Gasteiger partial charge on any atom is 0.255 e. The number of carbonyl (C=O) groups excluding carboxylic acids is 1. The van der Waals surface area contributed by atoms with Gasteiger partial charge in [-0.1, -0.05) is 6.07 Å². The average molecular weight is 244 g/mol. The van der Waals surface area contributed by atoms with Gasteiger partial charge in [-0.15, -0.1) is 0 Å². The number of benzene rings is 1. The van der Waals surface area contributed by atoms with E-state index in [1.54, 1.807) is 36.5 Å². The third-order valence-corrected chi connectivity index (χ3v) is 2.76. The average Bonchev–Trinajstić information content (AvgIpc) is 2.81. The summed E-state index contributed by atoms with van der Waals surface area (Å²) in [5.74, 6) is -0.0892. The van der Waals surface area contributed by atoms with Gasteiger partial charge in [-0.25, -0.2) is 0 Å². The third-order valence-electron chi connectivity index (χ3n) is 2.76. The first kappa shape index (κ1) is 12.2. The summed E-state index contributed by atoms with van der Waals surface area (Å²) < 4.78 is 0. The first-order valence-electron chi connectivity index (χ1n) is 5.67. The summed E-state index contributed by atoms with van der Waals surface area (Å²) in [6.45, 7) is 2.45. The lowest BCUT2D eigenvalue weighted by molar-refractivity contribution is 0.0786. The number of anilines is 1. The van der Waals surface area contributed by atoms with Crippen LogP contribution in [0.2, 0.25) is 0 Å². The minimum absolute atomic E-state index is 0.0892. The van der Waals surface area contributed by atoms with Gasteiger partial charge in [0.25, 0.3) is 5.91 Å². The number of aromatic amines is 1. The van der Waals surface area contributed by atoms with Crippen LogP contribution in [-0.2, 0) is 6.54 Å². The van der Waals surface area contributed by atoms with Crippen LogP contribution < -0.4 is 5.73 Å². The van der Waals surface area contributed by atoms with E-state index in [-0.39, 0.29) is 5.91 Å². The van der Waals surface area contributed by atoms with E-state index in [0.717, 1.165) is 11.1 Å². The predicted molar refractivity (Wildman–Crippen MR) is 70.0 cm³/mol. The van der Waals surface area contributed by atoms with Gasteiger partial charge in [0.15, 0.2) is 0 Å². The second kappa shape index (κ2) is 4.91. The topological polar surface area (TPSA) is 75.0 Å². The molecule has 0 saturated carbocycles. The Kier molecular flexibility index (Phi) is 3.32. The van der Waals surface area contributed by atoms with E-state index in [9.17, 15) is 4.79 Å². The van der Waals surface area contributed by atoms with Gasteiger partial charge in [-0.3, -0.25) is 9.89 Å². The maximum absolute atomic E-state index is 12.2. The lowest BCUT2D eigenvalue weighted by atomic mass is 10.1. The summed E-state index contributed by atoms with van der Waals surface area (Å²) in [6, 6.07) is 5.45. The molecule has 5 heteroatoms. The van der Waals surface area contributed by atoms with E-state index in [2.05, 4.69) is 10.2 Å². The Labute approximate surface area is 106 Å². The van der Waals surface area contributed by atoms with Gasteiger partial charge in [-0.05, 0) is 24.6 Å². The van der Waals surface area contributed by atoms with Crippen molar-refractivity contribution in [1.29, 1.82) is 0 Å². The zero-order chi connectivity index (χ0) is 13.1. The van der Waals surface area contributed by atoms with Crippen LogP contribution in [0.5, 0.6) is 0 Å². The molecule has 1 amide bonds. The van der Waals surface area contributed by atoms with E-state index < -0.39 is 0 Å². The van der Waals surface area contributed by atoms with Crippen molar-refractivity contribution in [3.63, 3.8) is 0 Å². The highest BCUT2D eigenvalue weighted by Crippen LogP contribution is 2.16. The highest BCUT2D eigenvalue weighted by atomic mass is 16.2. The summed E-state index contributed by atoms with van der Waals surface area (Å²) in [7, 11) is 1.74. The molecular formula is C13H16N4O. The van der Waals surface area contributed by atoms with Gasteiger partial charge in [0, 0.05) is 31.0 Å². The Bertz CT molecular complexity index is 548. The van der Waals surface area contributed by atoms with Crippen molar-refractivity contribution in [1.82, 2.24) is 15.1 Å². The first-order chi connectivity index (χ1) is 8.58. The summed E-state index contributed by atoms with van der Waals surface area (Å²) in [4.78, 5) is 13.8. The molecule has 0 saturated heterocycles. The van der Waals surface area contributed by atoms with Gasteiger partial charge in [0.2, 0.25) is 0 Å². The summed E-state index contributed by atoms with van der Waals surface area (Å²) in [6.07, 6.45) is 3.46. The predicted octanol–water partition coefficient (Wildman–Crippen LogP) is 1.57. The van der Waals surface area contributed by atoms with Gasteiger partial charge < -0.3 is 10.6 Å². The molecule has 0 unspecified atom stereocenters. The van der Waals surface area contributed by atoms with Crippen molar-refractivity contribution < 1.29 is 4.79 Å². The van der Waals surface area contributed by atoms with Crippen LogP contribution in [0.3, 0.4) is 0 Å². The molecule has 0 aliphatic heterocycles. The van der Waals surface area contributed by atoms with E-state index in [1.165, 1.54) is 0 Å². The summed E-state index contributed by atoms with van der Waals surface area (Å²) >= 11 is 0. The summed E-state index contributed by atoms with van der Waals surface area (Å²) in [5, 5.41) is 6.57. The van der Waals surface area contributed by atoms with Gasteiger partial charge in [0.05, 0.1) is 11.8 Å². The maximum atomic E-state index is 12.2. The third kappa shape index (κ3) is 2.51. The molecule has 0 radical (unpaired) electrons. The van der Waals surface area contributed by atoms with E-state index in [1.807, 2.05) is 13.0 Å². The van der Waals surface area contributed by atoms with E-state index in [0.29, 0.717) is 17.8 Å². The molecule has 0 fully saturated rings. The zero-order valence-electron chi connectivity index (χ0n) is 10.5. The van der Waals surface area contributed by atoms with Crippen molar-refractivity contribution in [3.8, 4) is 0 Å². The molecule has 5 nitrogen and oxygen atoms in total. The van der Waals surface area contributed by atoms with Gasteiger partial charge in [0.1, 0.15) is 0 Å². The minimum atomic E-state index is -0.0892. The molecular weight excluding hydrogens is 228 g/mol. The van der Waals surface area contributed by atoms with E-state index >= 15 is 0 Å². The van der Waals surface area contributed by atoms with Crippen LogP contribution >= 0.6 is 0 Å². The Morgan fingerprint density at radius 1 is 1.50 bits per heavy atom. The Morgan fingerprint density at radius 2 is 2.28 bits per heavy atom. The molecule has 0 aliphatic carbocycles. The van der Waals surface area contributed by atoms with Crippen molar-refractivity contribution in [2.45, 2.75) is 13.5 Å². The monoisotopic (exact) mass is 244 g/mol. The quantitative estimate of drug-likeness (QED) is 0.805. The molecule has 1 heterocycles. The number of H-pyrrole nitrogens is 1. The number of nitrogens with two attached hydrogens (primary N) is 1. The number of nitrogens with zero attached hydrogens (tertiary/aromatic N) is 2. The fraction of sp³-hybridized carbons (Fsp3) is 0.231. The number of nitrogen functional groups attached to an aromatic ring is 1. The molecule has 18 heavy (non-hydrogen) atoms. The van der Waals surface area contributed by atoms with Crippen molar-refractivity contribution in [2.24, 2.45) is 0 Å². The van der Waals surface area contributed by atoms with Gasteiger partial charge in [-0.2, -0.15) is 5.10 Å². The second-order valence-electron chi connectivity index (χ2n) is 4.36. The van der Waals surface area contributed by atoms with Crippen LogP contribution in [0.1, 0.15) is 21.5 Å². The number of amides is 1. The molecule has 0 atom stereocenters. The largest absolute Gasteiger partial charge is 0.398 e. The fourth-order valence-electron chi connectivity index (χ4n) is 1.79. The number of aryl methyl sites for hydroxylation is 1. The lowest BCUT2D eigenvalue weighted by Gasteiger charge is -2.17. The Hall–Kier alpha value is -2.30. The van der Waals surface area contributed by atoms with Crippen LogP contribution in [-0.4, -0.2) is 28.1 Å². The molecule has 2 aromatic rings. The normalized spacial score (nSPS) is 10.3. The summed E-state index contributed by atoms with van der Waals surface area (Å²) in [5.41, 5.74) is 8.91. The fourth-order valence-corrected chi connectivity index (χ4v) is 1.79. The number of carbonyl (C=O) groups is 1. The molecule has 0 bridgehead atoms. The first-order valence-corrected chi connectivity index (χ1v) is 5.67. The Balaban J connectivity index is 2.15. The highest BCUT2D eigenvalue weighted by molar-refractivity contribution is 5.99. The van der Waals surface area contributed by atoms with Crippen LogP contribution in [0.25, 0.3) is 0 Å². The molecule has 3 N–H and O–H groups in total. The molecule has 0 aliphatic rings. The van der Waals surface area contributed by atoms with Crippen molar-refractivity contribution in [3.05, 3.63) is 47.3 Å². The molecule has 0 spiro atoms. The lowest BCUT2D eigenvalue weighted by Crippen LogP contribution is -2.26. The molecule has 1 aromatic carbocycles. The molecule has 2 rings (SSSR count). The van der Waals surface area contributed by atoms with Crippen LogP contribution in [0, 0.1) is 6.92 Å². The SMILES string of the molecule is Cc1ccc(C(=O)N(C)Cc2cn[nH]c2)c(N)c1. The Morgan fingerprint density at radius 3 is 2.89 bits per heavy atom. The van der Waals surface area contributed by atoms with Crippen molar-refractivity contribution >= 4 is 11.6 Å². The number of rotatable bonds is 3. The highest BCUT2D eigenvalue weighted by Gasteiger charge is 2.15. The molecule has 1 aromatic heterocycles. The smallest absolute Gasteiger partial charge is 0.255 e. The zero-order valence-corrected chi connectivity index (χ0v) is 10.5. The number of nitrogens with one attached hydrogen (secondary N) is 1. The van der Waals surface area contributed by atoms with Crippen LogP contribution in [0.15, 0.2) is 30.6 Å². The second-order valence-corrected chi connectivity index (χ2v) is 4.36. The number of hydrogen-bond acceptors (Lipinski definition) is 3. The minimum Gasteiger partial charge on any atom is -0.398 e. The van der Waals surface area contributed by atoms with E-state index in [4.69, 9.17) is 5.73 Å².